The number of anilines is 2. The predicted molar refractivity (Wildman–Crippen MR) is 120 cm³/mol. The van der Waals surface area contributed by atoms with E-state index in [9.17, 15) is 9.59 Å². The van der Waals surface area contributed by atoms with E-state index in [1.807, 2.05) is 19.1 Å². The maximum Gasteiger partial charge on any atom is 0.261 e. The Morgan fingerprint density at radius 2 is 1.84 bits per heavy atom. The fourth-order valence-corrected chi connectivity index (χ4v) is 4.40. The molecule has 0 fully saturated rings. The van der Waals surface area contributed by atoms with Gasteiger partial charge in [-0.1, -0.05) is 11.8 Å². The van der Waals surface area contributed by atoms with E-state index in [1.54, 1.807) is 47.5 Å². The summed E-state index contributed by atoms with van der Waals surface area (Å²) in [5, 5.41) is 3.56. The number of aromatic nitrogens is 1. The van der Waals surface area contributed by atoms with E-state index in [4.69, 9.17) is 9.47 Å². The van der Waals surface area contributed by atoms with Crippen LogP contribution in [0.4, 0.5) is 11.4 Å². The van der Waals surface area contributed by atoms with Gasteiger partial charge in [0.1, 0.15) is 16.5 Å². The summed E-state index contributed by atoms with van der Waals surface area (Å²) in [4.78, 5) is 32.8. The van der Waals surface area contributed by atoms with Crippen molar-refractivity contribution in [2.75, 3.05) is 31.0 Å². The minimum atomic E-state index is -0.294. The first-order chi connectivity index (χ1) is 15.0. The maximum atomic E-state index is 13.0. The highest BCUT2D eigenvalue weighted by atomic mass is 32.2. The maximum absolute atomic E-state index is 13.0. The van der Waals surface area contributed by atoms with Crippen molar-refractivity contribution in [2.45, 2.75) is 16.8 Å². The number of hydrogen-bond acceptors (Lipinski definition) is 6. The molecule has 31 heavy (non-hydrogen) atoms. The number of nitrogens with one attached hydrogen (secondary N) is 1. The van der Waals surface area contributed by atoms with Gasteiger partial charge in [0.15, 0.2) is 0 Å². The molecular weight excluding hydrogens is 414 g/mol. The minimum Gasteiger partial charge on any atom is -0.497 e. The molecule has 1 aliphatic rings. The number of methoxy groups -OCH3 is 2. The summed E-state index contributed by atoms with van der Waals surface area (Å²) >= 11 is 1.41. The molecule has 2 amide bonds. The predicted octanol–water partition coefficient (Wildman–Crippen LogP) is 4.48. The van der Waals surface area contributed by atoms with Gasteiger partial charge in [-0.15, -0.1) is 0 Å². The Labute approximate surface area is 184 Å². The zero-order valence-corrected chi connectivity index (χ0v) is 18.2. The molecule has 7 nitrogen and oxygen atoms in total. The third-order valence-electron chi connectivity index (χ3n) is 4.89. The average Bonchev–Trinajstić information content (AvgIpc) is 2.91. The summed E-state index contributed by atoms with van der Waals surface area (Å²) in [6.45, 7) is 2.45. The van der Waals surface area contributed by atoms with E-state index in [-0.39, 0.29) is 11.8 Å². The number of hydrogen-bond donors (Lipinski definition) is 1. The Hall–Kier alpha value is -3.52. The molecule has 0 bridgehead atoms. The molecule has 3 aromatic rings. The summed E-state index contributed by atoms with van der Waals surface area (Å²) in [5.74, 6) is 0.679. The molecule has 0 aliphatic carbocycles. The highest BCUT2D eigenvalue weighted by Crippen LogP contribution is 2.41. The zero-order valence-electron chi connectivity index (χ0n) is 17.3. The van der Waals surface area contributed by atoms with Crippen LogP contribution >= 0.6 is 11.8 Å². The number of benzene rings is 2. The zero-order chi connectivity index (χ0) is 22.0. The number of fused-ring (bicyclic) bond motifs is 2. The van der Waals surface area contributed by atoms with Gasteiger partial charge in [-0.25, -0.2) is 4.98 Å². The Morgan fingerprint density at radius 3 is 2.52 bits per heavy atom. The molecule has 8 heteroatoms. The number of rotatable bonds is 5. The molecule has 2 heterocycles. The third kappa shape index (κ3) is 4.06. The smallest absolute Gasteiger partial charge is 0.261 e. The van der Waals surface area contributed by atoms with Crippen LogP contribution in [0.3, 0.4) is 0 Å². The number of carbonyl (C=O) groups excluding carboxylic acids is 2. The number of carbonyl (C=O) groups is 2. The van der Waals surface area contributed by atoms with E-state index in [1.165, 1.54) is 26.0 Å². The SMILES string of the molecule is CCN1C(=O)c2cccnc2Sc2cc(NC(=O)c3cc(OC)cc(OC)c3)ccc21. The van der Waals surface area contributed by atoms with Crippen LogP contribution in [0.15, 0.2) is 64.6 Å². The van der Waals surface area contributed by atoms with Gasteiger partial charge in [-0.2, -0.15) is 0 Å². The van der Waals surface area contributed by atoms with Gasteiger partial charge < -0.3 is 19.7 Å². The van der Waals surface area contributed by atoms with Crippen molar-refractivity contribution >= 4 is 35.0 Å². The first-order valence-electron chi connectivity index (χ1n) is 9.67. The van der Waals surface area contributed by atoms with E-state index in [2.05, 4.69) is 10.3 Å². The van der Waals surface area contributed by atoms with E-state index < -0.39 is 0 Å². The second kappa shape index (κ2) is 8.69. The lowest BCUT2D eigenvalue weighted by molar-refractivity contribution is 0.0983. The first-order valence-corrected chi connectivity index (χ1v) is 10.5. The molecule has 2 aromatic carbocycles. The lowest BCUT2D eigenvalue weighted by atomic mass is 10.1. The number of ether oxygens (including phenoxy) is 2. The standard InChI is InChI=1S/C23H21N3O4S/c1-4-26-19-8-7-15(12-20(19)31-22-18(23(26)28)6-5-9-24-22)25-21(27)14-10-16(29-2)13-17(11-14)30-3/h5-13H,4H2,1-3H3,(H,25,27). The second-order valence-electron chi connectivity index (χ2n) is 6.75. The van der Waals surface area contributed by atoms with Gasteiger partial charge in [0.25, 0.3) is 11.8 Å². The minimum absolute atomic E-state index is 0.0860. The molecule has 1 aromatic heterocycles. The van der Waals surface area contributed by atoms with Crippen molar-refractivity contribution in [1.29, 1.82) is 0 Å². The van der Waals surface area contributed by atoms with Crippen molar-refractivity contribution in [3.63, 3.8) is 0 Å². The molecule has 1 N–H and O–H groups in total. The lowest BCUT2D eigenvalue weighted by Crippen LogP contribution is -2.30. The van der Waals surface area contributed by atoms with Gasteiger partial charge in [0.05, 0.1) is 25.5 Å². The molecule has 0 saturated heterocycles. The van der Waals surface area contributed by atoms with Crippen molar-refractivity contribution in [2.24, 2.45) is 0 Å². The topological polar surface area (TPSA) is 80.8 Å². The molecular formula is C23H21N3O4S. The van der Waals surface area contributed by atoms with Gasteiger partial charge in [-0.3, -0.25) is 9.59 Å². The highest BCUT2D eigenvalue weighted by Gasteiger charge is 2.27. The first kappa shape index (κ1) is 20.7. The van der Waals surface area contributed by atoms with Crippen LogP contribution < -0.4 is 19.7 Å². The van der Waals surface area contributed by atoms with Crippen molar-refractivity contribution in [3.05, 3.63) is 65.9 Å². The van der Waals surface area contributed by atoms with Crippen LogP contribution in [0.25, 0.3) is 0 Å². The van der Waals surface area contributed by atoms with Gasteiger partial charge in [0.2, 0.25) is 0 Å². The average molecular weight is 436 g/mol. The fourth-order valence-electron chi connectivity index (χ4n) is 3.35. The Balaban J connectivity index is 1.67. The Bertz CT molecular complexity index is 1140. The molecule has 158 valence electrons. The van der Waals surface area contributed by atoms with E-state index in [0.29, 0.717) is 39.9 Å². The molecule has 4 rings (SSSR count). The number of nitrogens with zero attached hydrogens (tertiary/aromatic N) is 2. The molecule has 0 radical (unpaired) electrons. The van der Waals surface area contributed by atoms with Crippen LogP contribution in [-0.4, -0.2) is 37.6 Å². The van der Waals surface area contributed by atoms with Crippen LogP contribution in [0, 0.1) is 0 Å². The molecule has 0 saturated carbocycles. The van der Waals surface area contributed by atoms with E-state index in [0.717, 1.165) is 10.6 Å². The third-order valence-corrected chi connectivity index (χ3v) is 5.96. The van der Waals surface area contributed by atoms with E-state index >= 15 is 0 Å². The van der Waals surface area contributed by atoms with Gasteiger partial charge in [-0.05, 0) is 49.4 Å². The van der Waals surface area contributed by atoms with Gasteiger partial charge >= 0.3 is 0 Å². The van der Waals surface area contributed by atoms with Crippen molar-refractivity contribution < 1.29 is 19.1 Å². The van der Waals surface area contributed by atoms with Crippen LogP contribution in [0.5, 0.6) is 11.5 Å². The molecule has 0 atom stereocenters. The largest absolute Gasteiger partial charge is 0.497 e. The fraction of sp³-hybridized carbons (Fsp3) is 0.174. The summed E-state index contributed by atoms with van der Waals surface area (Å²) in [6, 6.07) is 14.0. The van der Waals surface area contributed by atoms with Crippen LogP contribution in [0.1, 0.15) is 27.6 Å². The summed E-state index contributed by atoms with van der Waals surface area (Å²) in [5.41, 5.74) is 2.38. The van der Waals surface area contributed by atoms with Crippen molar-refractivity contribution in [3.8, 4) is 11.5 Å². The number of amides is 2. The van der Waals surface area contributed by atoms with Crippen molar-refractivity contribution in [1.82, 2.24) is 4.98 Å². The molecule has 1 aliphatic heterocycles. The van der Waals surface area contributed by atoms with Crippen LogP contribution in [-0.2, 0) is 0 Å². The Morgan fingerprint density at radius 1 is 1.10 bits per heavy atom. The summed E-state index contributed by atoms with van der Waals surface area (Å²) in [6.07, 6.45) is 1.67. The quantitative estimate of drug-likeness (QED) is 0.636. The van der Waals surface area contributed by atoms with Gasteiger partial charge in [0, 0.05) is 35.0 Å². The second-order valence-corrected chi connectivity index (χ2v) is 7.78. The number of pyridine rings is 1. The highest BCUT2D eigenvalue weighted by molar-refractivity contribution is 7.99. The normalized spacial score (nSPS) is 12.5. The Kier molecular flexibility index (Phi) is 5.81. The molecule has 0 spiro atoms. The lowest BCUT2D eigenvalue weighted by Gasteiger charge is -2.21. The summed E-state index contributed by atoms with van der Waals surface area (Å²) < 4.78 is 10.5. The molecule has 0 unspecified atom stereocenters. The van der Waals surface area contributed by atoms with Crippen LogP contribution in [0.2, 0.25) is 0 Å². The monoisotopic (exact) mass is 435 g/mol. The summed E-state index contributed by atoms with van der Waals surface area (Å²) in [7, 11) is 3.07.